The first-order valence-electron chi connectivity index (χ1n) is 11.4. The van der Waals surface area contributed by atoms with Crippen molar-refractivity contribution in [3.05, 3.63) is 70.4 Å². The zero-order chi connectivity index (χ0) is 23.8. The Morgan fingerprint density at radius 2 is 1.94 bits per heavy atom. The van der Waals surface area contributed by atoms with Crippen LogP contribution >= 0.6 is 23.4 Å². The molecule has 1 aromatic heterocycles. The molecule has 0 fully saturated rings. The Bertz CT molecular complexity index is 1260. The topological polar surface area (TPSA) is 74.0 Å². The number of phenols is 1. The van der Waals surface area contributed by atoms with E-state index in [2.05, 4.69) is 24.0 Å². The highest BCUT2D eigenvalue weighted by atomic mass is 35.5. The second-order valence-electron chi connectivity index (χ2n) is 8.30. The van der Waals surface area contributed by atoms with Crippen LogP contribution in [0.15, 0.2) is 58.7 Å². The zero-order valence-electron chi connectivity index (χ0n) is 19.1. The van der Waals surface area contributed by atoms with Crippen LogP contribution in [0.25, 0.3) is 0 Å². The average Bonchev–Trinajstić information content (AvgIpc) is 3.39. The maximum Gasteiger partial charge on any atom is 0.281 e. The van der Waals surface area contributed by atoms with Crippen molar-refractivity contribution >= 4 is 41.0 Å². The van der Waals surface area contributed by atoms with Crippen LogP contribution in [-0.4, -0.2) is 56.3 Å². The van der Waals surface area contributed by atoms with E-state index in [-0.39, 0.29) is 22.7 Å². The lowest BCUT2D eigenvalue weighted by atomic mass is 10.1. The summed E-state index contributed by atoms with van der Waals surface area (Å²) in [6.07, 6.45) is 0.811. The van der Waals surface area contributed by atoms with Crippen LogP contribution in [0.1, 0.15) is 35.5 Å². The van der Waals surface area contributed by atoms with Crippen molar-refractivity contribution in [3.8, 4) is 5.75 Å². The third-order valence-electron chi connectivity index (χ3n) is 6.05. The van der Waals surface area contributed by atoms with E-state index in [1.807, 2.05) is 35.8 Å². The number of amides is 1. The fraction of sp³-hybridized carbons (Fsp3) is 0.320. The van der Waals surface area contributed by atoms with E-state index >= 15 is 0 Å². The summed E-state index contributed by atoms with van der Waals surface area (Å²) in [5.74, 6) is 2.14. The number of aromatic nitrogens is 2. The molecule has 1 amide bonds. The molecule has 2 aliphatic rings. The number of anilines is 1. The maximum atomic E-state index is 13.7. The zero-order valence-corrected chi connectivity index (χ0v) is 20.7. The molecule has 0 radical (unpaired) electrons. The van der Waals surface area contributed by atoms with E-state index in [0.717, 1.165) is 22.9 Å². The minimum absolute atomic E-state index is 0.0387. The highest BCUT2D eigenvalue weighted by Gasteiger charge is 2.43. The number of hydrogen-bond donors (Lipinski definition) is 1. The molecule has 0 bridgehead atoms. The third-order valence-corrected chi connectivity index (χ3v) is 7.21. The molecule has 3 aromatic rings. The van der Waals surface area contributed by atoms with Gasteiger partial charge in [0.2, 0.25) is 5.96 Å². The molecule has 0 spiro atoms. The van der Waals surface area contributed by atoms with Gasteiger partial charge in [-0.3, -0.25) is 14.6 Å². The molecule has 1 N–H and O–H groups in total. The second-order valence-corrected chi connectivity index (χ2v) is 9.94. The lowest BCUT2D eigenvalue weighted by molar-refractivity contribution is 0.0835. The van der Waals surface area contributed by atoms with Crippen LogP contribution in [-0.2, 0) is 13.0 Å². The number of halogens is 1. The van der Waals surface area contributed by atoms with Crippen LogP contribution < -0.4 is 4.90 Å². The number of carbonyl (C=O) groups is 1. The first-order valence-corrected chi connectivity index (χ1v) is 12.8. The molecular formula is C25H26ClN5O2S. The lowest BCUT2D eigenvalue weighted by Crippen LogP contribution is -2.50. The van der Waals surface area contributed by atoms with Crippen molar-refractivity contribution in [3.63, 3.8) is 0 Å². The summed E-state index contributed by atoms with van der Waals surface area (Å²) in [6, 6.07) is 15.5. The van der Waals surface area contributed by atoms with Gasteiger partial charge < -0.3 is 9.67 Å². The Labute approximate surface area is 208 Å². The number of aromatic hydroxyl groups is 1. The van der Waals surface area contributed by atoms with E-state index in [1.165, 1.54) is 5.56 Å². The van der Waals surface area contributed by atoms with Crippen LogP contribution in [0.2, 0.25) is 5.02 Å². The molecule has 0 saturated carbocycles. The standard InChI is InChI=1S/C25H26ClN5O2S/c1-3-29-23(33)21-22(31-15-18(27-24(29)31)12-16-8-6-5-7-9-16)28-25(34-4-2)30(21)14-17-10-11-20(32)19(26)13-17/h5-11,13,18,32H,3-4,12,14-15H2,1-2H3/t18-/m1/s1. The Morgan fingerprint density at radius 3 is 2.65 bits per heavy atom. The van der Waals surface area contributed by atoms with Crippen molar-refractivity contribution in [1.29, 1.82) is 0 Å². The monoisotopic (exact) mass is 495 g/mol. The van der Waals surface area contributed by atoms with Gasteiger partial charge in [-0.1, -0.05) is 66.7 Å². The molecule has 176 valence electrons. The maximum absolute atomic E-state index is 13.7. The van der Waals surface area contributed by atoms with Gasteiger partial charge in [0, 0.05) is 6.54 Å². The molecule has 0 unspecified atom stereocenters. The molecule has 1 atom stereocenters. The van der Waals surface area contributed by atoms with Crippen molar-refractivity contribution in [2.75, 3.05) is 23.7 Å². The predicted molar refractivity (Wildman–Crippen MR) is 136 cm³/mol. The molecule has 2 aromatic carbocycles. The summed E-state index contributed by atoms with van der Waals surface area (Å²) in [7, 11) is 0. The minimum Gasteiger partial charge on any atom is -0.506 e. The molecule has 2 aliphatic heterocycles. The van der Waals surface area contributed by atoms with Crippen molar-refractivity contribution in [2.24, 2.45) is 4.99 Å². The lowest BCUT2D eigenvalue weighted by Gasteiger charge is -2.33. The minimum atomic E-state index is -0.0896. The van der Waals surface area contributed by atoms with Gasteiger partial charge in [-0.15, -0.1) is 0 Å². The third kappa shape index (κ3) is 4.05. The van der Waals surface area contributed by atoms with Crippen molar-refractivity contribution < 1.29 is 9.90 Å². The number of nitrogens with zero attached hydrogens (tertiary/aromatic N) is 5. The average molecular weight is 496 g/mol. The number of imidazole rings is 1. The predicted octanol–water partition coefficient (Wildman–Crippen LogP) is 4.67. The molecule has 0 aliphatic carbocycles. The SMILES string of the molecule is CCSc1nc2c(n1Cc1ccc(O)c(Cl)c1)C(=O)N(CC)C1=N[C@H](Cc3ccccc3)CN12. The fourth-order valence-corrected chi connectivity index (χ4v) is 5.42. The summed E-state index contributed by atoms with van der Waals surface area (Å²) < 4.78 is 1.97. The van der Waals surface area contributed by atoms with Gasteiger partial charge in [-0.05, 0) is 42.4 Å². The number of fused-ring (bicyclic) bond motifs is 3. The first-order chi connectivity index (χ1) is 16.5. The van der Waals surface area contributed by atoms with Gasteiger partial charge >= 0.3 is 0 Å². The molecular weight excluding hydrogens is 470 g/mol. The second kappa shape index (κ2) is 9.35. The summed E-state index contributed by atoms with van der Waals surface area (Å²) in [6.45, 7) is 5.67. The molecule has 9 heteroatoms. The summed E-state index contributed by atoms with van der Waals surface area (Å²) >= 11 is 7.75. The summed E-state index contributed by atoms with van der Waals surface area (Å²) in [5, 5.41) is 10.9. The number of carbonyl (C=O) groups excluding carboxylic acids is 1. The van der Waals surface area contributed by atoms with Crippen molar-refractivity contribution in [1.82, 2.24) is 14.5 Å². The number of phenolic OH excluding ortho intramolecular Hbond substituents is 1. The Balaban J connectivity index is 1.54. The van der Waals surface area contributed by atoms with Gasteiger partial charge in [-0.25, -0.2) is 9.98 Å². The Morgan fingerprint density at radius 1 is 1.15 bits per heavy atom. The smallest absolute Gasteiger partial charge is 0.281 e. The van der Waals surface area contributed by atoms with E-state index in [0.29, 0.717) is 37.1 Å². The van der Waals surface area contributed by atoms with E-state index in [9.17, 15) is 9.90 Å². The molecule has 0 saturated heterocycles. The van der Waals surface area contributed by atoms with Gasteiger partial charge in [0.25, 0.3) is 5.91 Å². The number of guanidine groups is 1. The molecule has 3 heterocycles. The number of rotatable bonds is 7. The van der Waals surface area contributed by atoms with E-state index in [1.54, 1.807) is 28.8 Å². The fourth-order valence-electron chi connectivity index (χ4n) is 4.50. The Hall–Kier alpha value is -2.97. The Kier molecular flexibility index (Phi) is 6.27. The summed E-state index contributed by atoms with van der Waals surface area (Å²) in [5.41, 5.74) is 2.68. The van der Waals surface area contributed by atoms with Crippen LogP contribution in [0.5, 0.6) is 5.75 Å². The van der Waals surface area contributed by atoms with E-state index in [4.69, 9.17) is 21.6 Å². The van der Waals surface area contributed by atoms with E-state index < -0.39 is 0 Å². The number of aliphatic imine (C=N–C) groups is 1. The largest absolute Gasteiger partial charge is 0.506 e. The number of thioether (sulfide) groups is 1. The summed E-state index contributed by atoms with van der Waals surface area (Å²) in [4.78, 5) is 27.4. The van der Waals surface area contributed by atoms with Gasteiger partial charge in [-0.2, -0.15) is 0 Å². The first kappa shape index (κ1) is 22.8. The quantitative estimate of drug-likeness (QED) is 0.482. The highest BCUT2D eigenvalue weighted by Crippen LogP contribution is 2.36. The normalized spacial score (nSPS) is 17.1. The molecule has 5 rings (SSSR count). The molecule has 7 nitrogen and oxygen atoms in total. The number of benzene rings is 2. The van der Waals surface area contributed by atoms with Crippen LogP contribution in [0, 0.1) is 0 Å². The molecule has 34 heavy (non-hydrogen) atoms. The van der Waals surface area contributed by atoms with Crippen LogP contribution in [0.3, 0.4) is 0 Å². The number of hydrogen-bond acceptors (Lipinski definition) is 6. The van der Waals surface area contributed by atoms with Gasteiger partial charge in [0.15, 0.2) is 16.7 Å². The van der Waals surface area contributed by atoms with Crippen LogP contribution in [0.4, 0.5) is 5.82 Å². The van der Waals surface area contributed by atoms with Gasteiger partial charge in [0.05, 0.1) is 24.2 Å². The van der Waals surface area contributed by atoms with Crippen molar-refractivity contribution in [2.45, 2.75) is 38.0 Å². The highest BCUT2D eigenvalue weighted by molar-refractivity contribution is 7.99. The van der Waals surface area contributed by atoms with Gasteiger partial charge in [0.1, 0.15) is 5.75 Å².